The zero-order valence-electron chi connectivity index (χ0n) is 73.4. The molecule has 0 atom stereocenters. The number of carbonyl (C=O) groups is 2. The number of benzene rings is 13. The molecule has 0 fully saturated rings. The molecule has 4 aliphatic rings. The van der Waals surface area contributed by atoms with Crippen LogP contribution in [0.3, 0.4) is 0 Å². The lowest BCUT2D eigenvalue weighted by atomic mass is 9.69. The lowest BCUT2D eigenvalue weighted by molar-refractivity contribution is 0.0987. The first-order valence-electron chi connectivity index (χ1n) is 44.7. The van der Waals surface area contributed by atoms with Crippen molar-refractivity contribution in [1.82, 2.24) is 18.3 Å². The molecule has 17 aromatic rings. The lowest BCUT2D eigenvalue weighted by Crippen LogP contribution is -2.44. The number of aromatic nitrogens is 4. The molecule has 3 aliphatic heterocycles. The molecule has 0 N–H and O–H groups in total. The molecular weight excluding hydrogens is 1530 g/mol. The number of ketones is 2. The number of rotatable bonds is 15. The molecular formula is C115H105N5O5. The second kappa shape index (κ2) is 32.8. The van der Waals surface area contributed by atoms with Gasteiger partial charge in [-0.15, -0.1) is 0 Å². The zero-order valence-corrected chi connectivity index (χ0v) is 73.4. The van der Waals surface area contributed by atoms with Crippen molar-refractivity contribution in [2.45, 2.75) is 139 Å². The first kappa shape index (κ1) is 81.0. The Bertz CT molecular complexity index is 7210. The number of Topliss-reactive ketones (excluding diaryl/α,β-unsaturated/α-hetero) is 2. The van der Waals surface area contributed by atoms with Gasteiger partial charge in [0.25, 0.3) is 0 Å². The van der Waals surface area contributed by atoms with Gasteiger partial charge in [-0.2, -0.15) is 0 Å². The van der Waals surface area contributed by atoms with Gasteiger partial charge in [-0.25, -0.2) is 0 Å². The molecule has 10 heteroatoms. The number of para-hydroxylation sites is 2. The van der Waals surface area contributed by atoms with E-state index in [-0.39, 0.29) is 38.8 Å². The van der Waals surface area contributed by atoms with Gasteiger partial charge in [0.15, 0.2) is 22.4 Å². The third-order valence-corrected chi connectivity index (χ3v) is 26.6. The average Bonchev–Trinajstić information content (AvgIpc) is 1.69. The van der Waals surface area contributed by atoms with Gasteiger partial charge >= 0.3 is 0 Å². The Labute approximate surface area is 730 Å². The Balaban J connectivity index is 0.000000123. The molecule has 4 aromatic heterocycles. The van der Waals surface area contributed by atoms with E-state index in [4.69, 9.17) is 4.74 Å². The fraction of sp³-hybridized carbons (Fsp3) is 0.217. The van der Waals surface area contributed by atoms with Gasteiger partial charge in [0, 0.05) is 132 Å². The van der Waals surface area contributed by atoms with Gasteiger partial charge < -0.3 is 27.9 Å². The van der Waals surface area contributed by atoms with Crippen LogP contribution in [0.4, 0.5) is 5.69 Å². The molecule has 1 aliphatic carbocycles. The number of anilines is 1. The van der Waals surface area contributed by atoms with Gasteiger partial charge in [0.2, 0.25) is 0 Å². The van der Waals surface area contributed by atoms with E-state index in [2.05, 4.69) is 305 Å². The van der Waals surface area contributed by atoms with Crippen LogP contribution in [0, 0.1) is 11.8 Å². The zero-order chi connectivity index (χ0) is 86.3. The average molecular weight is 1640 g/mol. The highest BCUT2D eigenvalue weighted by molar-refractivity contribution is 6.40. The van der Waals surface area contributed by atoms with Crippen molar-refractivity contribution >= 4 is 156 Å². The summed E-state index contributed by atoms with van der Waals surface area (Å²) in [6.07, 6.45) is 20.7. The highest BCUT2D eigenvalue weighted by atomic mass is 16.5. The second-order valence-corrected chi connectivity index (χ2v) is 36.6. The predicted molar refractivity (Wildman–Crippen MR) is 527 cm³/mol. The summed E-state index contributed by atoms with van der Waals surface area (Å²) in [7, 11) is 0. The number of hydrogen-bond donors (Lipinski definition) is 0. The number of nitrogens with zero attached hydrogens (tertiary/aromatic N) is 5. The van der Waals surface area contributed by atoms with Gasteiger partial charge in [-0.1, -0.05) is 268 Å². The van der Waals surface area contributed by atoms with Crippen molar-refractivity contribution in [1.29, 1.82) is 0 Å². The summed E-state index contributed by atoms with van der Waals surface area (Å²) in [4.78, 5) is 57.3. The van der Waals surface area contributed by atoms with Crippen molar-refractivity contribution in [2.75, 3.05) is 18.0 Å². The maximum Gasteiger partial charge on any atom is 0.198 e. The fourth-order valence-corrected chi connectivity index (χ4v) is 19.7. The molecule has 7 heterocycles. The van der Waals surface area contributed by atoms with Crippen LogP contribution in [0.2, 0.25) is 0 Å². The topological polar surface area (TPSA) is 100 Å². The molecule has 21 rings (SSSR count). The van der Waals surface area contributed by atoms with Crippen molar-refractivity contribution in [3.8, 4) is 11.1 Å². The largest absolute Gasteiger partial charge is 0.462 e. The Hall–Kier alpha value is -13.7. The summed E-state index contributed by atoms with van der Waals surface area (Å²) in [6.45, 7) is 30.3. The molecule has 0 spiro atoms. The van der Waals surface area contributed by atoms with E-state index in [1.54, 1.807) is 36.4 Å². The van der Waals surface area contributed by atoms with Crippen molar-refractivity contribution < 1.29 is 14.3 Å². The number of pyridine rings is 2. The van der Waals surface area contributed by atoms with Crippen LogP contribution in [-0.4, -0.2) is 42.9 Å². The summed E-state index contributed by atoms with van der Waals surface area (Å²) in [5.74, 6) is 1.82. The van der Waals surface area contributed by atoms with Crippen molar-refractivity contribution in [3.63, 3.8) is 0 Å². The van der Waals surface area contributed by atoms with Crippen LogP contribution in [0.1, 0.15) is 162 Å². The van der Waals surface area contributed by atoms with E-state index in [0.717, 1.165) is 125 Å². The first-order chi connectivity index (χ1) is 60.6. The number of allylic oxidation sites excluding steroid dienone is 6. The van der Waals surface area contributed by atoms with Crippen LogP contribution in [0.15, 0.2) is 305 Å². The quantitative estimate of drug-likeness (QED) is 0.0333. The van der Waals surface area contributed by atoms with E-state index in [1.165, 1.54) is 93.8 Å². The summed E-state index contributed by atoms with van der Waals surface area (Å²) in [5.41, 5.74) is 23.5. The summed E-state index contributed by atoms with van der Waals surface area (Å²) in [6, 6.07) is 88.9. The maximum absolute atomic E-state index is 14.3. The highest BCUT2D eigenvalue weighted by Gasteiger charge is 2.41. The minimum atomic E-state index is -0.219. The second-order valence-electron chi connectivity index (χ2n) is 36.6. The van der Waals surface area contributed by atoms with Crippen LogP contribution < -0.4 is 15.8 Å². The summed E-state index contributed by atoms with van der Waals surface area (Å²) in [5, 5.41) is 12.4. The highest BCUT2D eigenvalue weighted by Crippen LogP contribution is 2.50. The van der Waals surface area contributed by atoms with Crippen molar-refractivity contribution in [3.05, 3.63) is 366 Å². The Kier molecular flexibility index (Phi) is 21.3. The van der Waals surface area contributed by atoms with E-state index in [9.17, 15) is 19.2 Å². The molecule has 0 radical (unpaired) electrons. The Morgan fingerprint density at radius 2 is 0.768 bits per heavy atom. The number of carbonyl (C=O) groups excluding carboxylic acids is 2. The third-order valence-electron chi connectivity index (χ3n) is 26.6. The van der Waals surface area contributed by atoms with E-state index in [0.29, 0.717) is 50.8 Å². The maximum atomic E-state index is 14.3. The smallest absolute Gasteiger partial charge is 0.198 e. The molecule has 0 saturated carbocycles. The first-order valence-corrected chi connectivity index (χ1v) is 44.7. The monoisotopic (exact) mass is 1640 g/mol. The number of fused-ring (bicyclic) bond motifs is 15. The Morgan fingerprint density at radius 1 is 0.368 bits per heavy atom. The van der Waals surface area contributed by atoms with Gasteiger partial charge in [-0.3, -0.25) is 19.2 Å². The number of hydrogen-bond acceptors (Lipinski definition) is 6. The summed E-state index contributed by atoms with van der Waals surface area (Å²) >= 11 is 0. The SMILES string of the molecule is CC(C)CCn1c2cc3c(=O)c4ccc5ccccc5c4n(CCC(C)C)c3cc2c(=O)c2ccc3ccccc3c21.CC1=CC(=C2C(=O)c3ccccc3C2=O)C=C(C=Cc2cc3c4c(c2)C(C)(C)CCN4CCC3(C)C)O1.CCn1c2ccccc2c2cc(C=Cc3ccc(-c4ccc(C=Cc5ccc6c(c5)c5ccccc5n6CC)cc4)cc3)ccc21. The standard InChI is InChI=1S/C44H36N2.C38H36N2O2.C33H33NO3/c1-3-45-41-11-7-5-9-37(41)39-29-33(21-27-43(39)45)15-13-31-17-23-35(24-18-31)36-25-19-32(20-26-36)14-16-34-22-28-44-40(30-34)38-10-6-8-12-42(38)46(44)4-2;1-23(2)17-19-39-33-21-32-34(22-31(33)37(41)29-15-13-25-9-5-7-11-27(25)35(29)39)40(20-18-24(3)4)36-28-12-8-6-10-26(28)14-16-30(36)38(32)42;1-20-16-22(28-30(35)24-8-6-7-9-25(24)31(28)36)19-23(37-20)11-10-21-17-26-29-27(18-21)33(4,5)13-15-34(29)14-12-32(26,2)3/h5-30H,3-4H2,1-2H3;5-16,21-24H,17-20H2,1-4H3;6-11,16-19H,12-15H2,1-5H3. The third kappa shape index (κ3) is 14.9. The van der Waals surface area contributed by atoms with Crippen LogP contribution >= 0.6 is 0 Å². The molecule has 620 valence electrons. The van der Waals surface area contributed by atoms with Crippen molar-refractivity contribution in [2.24, 2.45) is 11.8 Å². The predicted octanol–water partition coefficient (Wildman–Crippen LogP) is 28.0. The molecule has 13 aromatic carbocycles. The number of ether oxygens (including phenoxy) is 1. The van der Waals surface area contributed by atoms with E-state index >= 15 is 0 Å². The minimum absolute atomic E-state index is 0.0225. The number of aryl methyl sites for hydroxylation is 4. The molecule has 125 heavy (non-hydrogen) atoms. The summed E-state index contributed by atoms with van der Waals surface area (Å²) < 4.78 is 15.4. The Morgan fingerprint density at radius 3 is 1.22 bits per heavy atom. The minimum Gasteiger partial charge on any atom is -0.462 e. The fourth-order valence-electron chi connectivity index (χ4n) is 19.7. The van der Waals surface area contributed by atoms with Gasteiger partial charge in [0.1, 0.15) is 11.5 Å². The molecule has 0 saturated heterocycles. The molecule has 10 nitrogen and oxygen atoms in total. The molecule has 0 unspecified atom stereocenters. The van der Waals surface area contributed by atoms with Crippen LogP contribution in [-0.2, 0) is 41.7 Å². The lowest BCUT2D eigenvalue weighted by Gasteiger charge is -2.48. The normalized spacial score (nSPS) is 15.0. The van der Waals surface area contributed by atoms with E-state index < -0.39 is 0 Å². The van der Waals surface area contributed by atoms with Crippen LogP contribution in [0.5, 0.6) is 0 Å². The molecule has 0 bridgehead atoms. The molecule has 0 amide bonds. The van der Waals surface area contributed by atoms with Gasteiger partial charge in [0.05, 0.1) is 27.6 Å². The van der Waals surface area contributed by atoms with Crippen LogP contribution in [0.25, 0.3) is 150 Å². The van der Waals surface area contributed by atoms with Gasteiger partial charge in [-0.05, 0) is 227 Å². The van der Waals surface area contributed by atoms with E-state index in [1.807, 2.05) is 61.5 Å².